The molecule has 1 N–H and O–H groups in total. The molecule has 0 aromatic heterocycles. The molecular weight excluding hydrogens is 395 g/mol. The van der Waals surface area contributed by atoms with Gasteiger partial charge in [-0.3, -0.25) is 9.59 Å². The number of nitrogens with zero attached hydrogens (tertiary/aromatic N) is 1. The number of benzene rings is 2. The molecule has 0 bridgehead atoms. The van der Waals surface area contributed by atoms with E-state index >= 15 is 0 Å². The van der Waals surface area contributed by atoms with Crippen LogP contribution in [0.5, 0.6) is 0 Å². The van der Waals surface area contributed by atoms with Crippen LogP contribution in [0.2, 0.25) is 10.0 Å². The van der Waals surface area contributed by atoms with Gasteiger partial charge in [-0.15, -0.1) is 0 Å². The third-order valence-corrected chi connectivity index (χ3v) is 5.09. The van der Waals surface area contributed by atoms with Crippen molar-refractivity contribution in [2.24, 2.45) is 0 Å². The van der Waals surface area contributed by atoms with E-state index in [-0.39, 0.29) is 24.3 Å². The Hall–Kier alpha value is -2.04. The average molecular weight is 421 g/mol. The molecule has 2 rings (SSSR count). The molecule has 4 nitrogen and oxygen atoms in total. The summed E-state index contributed by atoms with van der Waals surface area (Å²) in [6.07, 6.45) is 0.674. The molecule has 0 spiro atoms. The summed E-state index contributed by atoms with van der Waals surface area (Å²) in [4.78, 5) is 27.6. The highest BCUT2D eigenvalue weighted by atomic mass is 35.5. The van der Waals surface area contributed by atoms with E-state index in [2.05, 4.69) is 5.32 Å². The number of hydrogen-bond donors (Lipinski definition) is 1. The number of amides is 2. The number of carbonyl (C=O) groups excluding carboxylic acids is 2. The molecule has 1 unspecified atom stereocenters. The Balaban J connectivity index is 2.28. The highest BCUT2D eigenvalue weighted by molar-refractivity contribution is 6.42. The number of carbonyl (C=O) groups is 2. The Bertz CT molecular complexity index is 809. The average Bonchev–Trinajstić information content (AvgIpc) is 2.64. The van der Waals surface area contributed by atoms with Crippen molar-refractivity contribution in [2.45, 2.75) is 52.2 Å². The maximum absolute atomic E-state index is 13.2. The lowest BCUT2D eigenvalue weighted by Gasteiger charge is -2.31. The van der Waals surface area contributed by atoms with Crippen LogP contribution in [0, 0.1) is 0 Å². The molecule has 0 radical (unpaired) electrons. The van der Waals surface area contributed by atoms with E-state index in [1.54, 1.807) is 23.1 Å². The summed E-state index contributed by atoms with van der Waals surface area (Å²) >= 11 is 12.1. The Kier molecular flexibility index (Phi) is 8.34. The largest absolute Gasteiger partial charge is 0.352 e. The van der Waals surface area contributed by atoms with Gasteiger partial charge in [0.2, 0.25) is 11.8 Å². The van der Waals surface area contributed by atoms with Crippen LogP contribution in [-0.2, 0) is 22.6 Å². The molecule has 6 heteroatoms. The van der Waals surface area contributed by atoms with E-state index in [9.17, 15) is 9.59 Å². The molecule has 0 fully saturated rings. The van der Waals surface area contributed by atoms with Gasteiger partial charge in [-0.2, -0.15) is 0 Å². The minimum Gasteiger partial charge on any atom is -0.352 e. The molecule has 0 aliphatic rings. The van der Waals surface area contributed by atoms with Crippen LogP contribution in [0.1, 0.15) is 38.3 Å². The van der Waals surface area contributed by atoms with E-state index < -0.39 is 6.04 Å². The second-order valence-corrected chi connectivity index (χ2v) is 7.83. The van der Waals surface area contributed by atoms with Crippen molar-refractivity contribution in [2.75, 3.05) is 0 Å². The maximum atomic E-state index is 13.2. The summed E-state index contributed by atoms with van der Waals surface area (Å²) in [5, 5.41) is 3.78. The molecule has 0 aliphatic heterocycles. The molecule has 2 aromatic carbocycles. The van der Waals surface area contributed by atoms with E-state index in [1.807, 2.05) is 51.1 Å². The minimum atomic E-state index is -0.544. The lowest BCUT2D eigenvalue weighted by atomic mass is 10.1. The molecule has 0 aliphatic carbocycles. The minimum absolute atomic E-state index is 0.00491. The maximum Gasteiger partial charge on any atom is 0.243 e. The van der Waals surface area contributed by atoms with Gasteiger partial charge in [0.25, 0.3) is 0 Å². The quantitative estimate of drug-likeness (QED) is 0.661. The number of hydrogen-bond acceptors (Lipinski definition) is 2. The van der Waals surface area contributed by atoms with Crippen LogP contribution in [0.4, 0.5) is 0 Å². The molecule has 0 heterocycles. The van der Waals surface area contributed by atoms with Gasteiger partial charge in [-0.05, 0) is 43.5 Å². The van der Waals surface area contributed by atoms with Gasteiger partial charge in [0.1, 0.15) is 6.04 Å². The molecule has 1 atom stereocenters. The van der Waals surface area contributed by atoms with Gasteiger partial charge < -0.3 is 10.2 Å². The van der Waals surface area contributed by atoms with Crippen molar-refractivity contribution < 1.29 is 9.59 Å². The predicted molar refractivity (Wildman–Crippen MR) is 115 cm³/mol. The zero-order valence-electron chi connectivity index (χ0n) is 16.4. The highest BCUT2D eigenvalue weighted by Crippen LogP contribution is 2.23. The summed E-state index contributed by atoms with van der Waals surface area (Å²) < 4.78 is 0. The fraction of sp³-hybridized carbons (Fsp3) is 0.364. The third kappa shape index (κ3) is 6.25. The van der Waals surface area contributed by atoms with Crippen molar-refractivity contribution in [3.05, 3.63) is 69.7 Å². The van der Waals surface area contributed by atoms with Crippen LogP contribution >= 0.6 is 23.2 Å². The van der Waals surface area contributed by atoms with Gasteiger partial charge in [-0.1, -0.05) is 66.5 Å². The van der Waals surface area contributed by atoms with E-state index in [0.717, 1.165) is 11.1 Å². The SMILES string of the molecule is CCC(C(=O)NC(C)C)N(Cc1ccccc1)C(=O)Cc1ccc(Cl)c(Cl)c1. The molecule has 28 heavy (non-hydrogen) atoms. The first-order valence-corrected chi connectivity index (χ1v) is 10.1. The Labute approximate surface area is 176 Å². The Morgan fingerprint density at radius 3 is 2.25 bits per heavy atom. The zero-order valence-corrected chi connectivity index (χ0v) is 17.9. The van der Waals surface area contributed by atoms with Gasteiger partial charge >= 0.3 is 0 Å². The molecular formula is C22H26Cl2N2O2. The monoisotopic (exact) mass is 420 g/mol. The zero-order chi connectivity index (χ0) is 20.7. The second-order valence-electron chi connectivity index (χ2n) is 7.02. The normalized spacial score (nSPS) is 11.9. The lowest BCUT2D eigenvalue weighted by molar-refractivity contribution is -0.141. The summed E-state index contributed by atoms with van der Waals surface area (Å²) in [6, 6.07) is 14.3. The van der Waals surface area contributed by atoms with Gasteiger partial charge in [0.15, 0.2) is 0 Å². The molecule has 150 valence electrons. The lowest BCUT2D eigenvalue weighted by Crippen LogP contribution is -2.50. The molecule has 0 saturated carbocycles. The fourth-order valence-electron chi connectivity index (χ4n) is 3.01. The molecule has 2 aromatic rings. The Morgan fingerprint density at radius 2 is 1.68 bits per heavy atom. The van der Waals surface area contributed by atoms with E-state index in [4.69, 9.17) is 23.2 Å². The second kappa shape index (κ2) is 10.5. The van der Waals surface area contributed by atoms with Crippen molar-refractivity contribution in [3.63, 3.8) is 0 Å². The number of rotatable bonds is 8. The number of halogens is 2. The van der Waals surface area contributed by atoms with Crippen LogP contribution in [-0.4, -0.2) is 28.8 Å². The summed E-state index contributed by atoms with van der Waals surface area (Å²) in [5.41, 5.74) is 1.73. The highest BCUT2D eigenvalue weighted by Gasteiger charge is 2.29. The fourth-order valence-corrected chi connectivity index (χ4v) is 3.33. The standard InChI is InChI=1S/C22H26Cl2N2O2/c1-4-20(22(28)25-15(2)3)26(14-16-8-6-5-7-9-16)21(27)13-17-10-11-18(23)19(24)12-17/h5-12,15,20H,4,13-14H2,1-3H3,(H,25,28). The van der Waals surface area contributed by atoms with Crippen molar-refractivity contribution in [3.8, 4) is 0 Å². The first-order valence-electron chi connectivity index (χ1n) is 9.39. The summed E-state index contributed by atoms with van der Waals surface area (Å²) in [6.45, 7) is 6.09. The van der Waals surface area contributed by atoms with Crippen LogP contribution in [0.3, 0.4) is 0 Å². The molecule has 2 amide bonds. The van der Waals surface area contributed by atoms with Crippen LogP contribution in [0.15, 0.2) is 48.5 Å². The van der Waals surface area contributed by atoms with Crippen molar-refractivity contribution in [1.82, 2.24) is 10.2 Å². The Morgan fingerprint density at radius 1 is 1.00 bits per heavy atom. The van der Waals surface area contributed by atoms with E-state index in [0.29, 0.717) is 23.0 Å². The van der Waals surface area contributed by atoms with E-state index in [1.165, 1.54) is 0 Å². The summed E-state index contributed by atoms with van der Waals surface area (Å²) in [5.74, 6) is -0.274. The first kappa shape index (κ1) is 22.3. The molecule has 0 saturated heterocycles. The van der Waals surface area contributed by atoms with Gasteiger partial charge in [0.05, 0.1) is 16.5 Å². The smallest absolute Gasteiger partial charge is 0.243 e. The van der Waals surface area contributed by atoms with Gasteiger partial charge in [0, 0.05) is 12.6 Å². The van der Waals surface area contributed by atoms with Crippen LogP contribution in [0.25, 0.3) is 0 Å². The predicted octanol–water partition coefficient (Wildman–Crippen LogP) is 4.87. The van der Waals surface area contributed by atoms with Crippen LogP contribution < -0.4 is 5.32 Å². The topological polar surface area (TPSA) is 49.4 Å². The van der Waals surface area contributed by atoms with Crippen molar-refractivity contribution in [1.29, 1.82) is 0 Å². The first-order chi connectivity index (χ1) is 13.3. The third-order valence-electron chi connectivity index (χ3n) is 4.35. The van der Waals surface area contributed by atoms with Gasteiger partial charge in [-0.25, -0.2) is 0 Å². The number of nitrogens with one attached hydrogen (secondary N) is 1. The summed E-state index contributed by atoms with van der Waals surface area (Å²) in [7, 11) is 0. The van der Waals surface area contributed by atoms with Crippen molar-refractivity contribution >= 4 is 35.0 Å².